The van der Waals surface area contributed by atoms with Gasteiger partial charge in [-0.05, 0) is 45.7 Å². The molecular weight excluding hydrogens is 382 g/mol. The highest BCUT2D eigenvalue weighted by Crippen LogP contribution is 2.33. The van der Waals surface area contributed by atoms with Gasteiger partial charge in [-0.2, -0.15) is 0 Å². The Morgan fingerprint density at radius 1 is 1.46 bits per heavy atom. The first-order valence-corrected chi connectivity index (χ1v) is 7.99. The second-order valence-corrected chi connectivity index (χ2v) is 7.15. The van der Waals surface area contributed by atoms with Crippen LogP contribution < -0.4 is 10.6 Å². The summed E-state index contributed by atoms with van der Waals surface area (Å²) in [5.74, 6) is 0. The molecule has 0 radical (unpaired) electrons. The lowest BCUT2D eigenvalue weighted by atomic mass is 10.0. The van der Waals surface area contributed by atoms with Gasteiger partial charge < -0.3 is 15.4 Å². The van der Waals surface area contributed by atoms with Crippen LogP contribution in [0.5, 0.6) is 0 Å². The Kier molecular flexibility index (Phi) is 6.70. The van der Waals surface area contributed by atoms with E-state index in [0.717, 1.165) is 0 Å². The fourth-order valence-corrected chi connectivity index (χ4v) is 2.56. The van der Waals surface area contributed by atoms with Gasteiger partial charge in [0.2, 0.25) is 6.41 Å². The first-order valence-electron chi connectivity index (χ1n) is 7.20. The Hall–Kier alpha value is -2.16. The normalized spacial score (nSPS) is 12.2. The lowest BCUT2D eigenvalue weighted by Gasteiger charge is -2.22. The molecule has 2 amide bonds. The quantitative estimate of drug-likeness (QED) is 0.431. The minimum Gasteiger partial charge on any atom is -0.444 e. The van der Waals surface area contributed by atoms with Crippen molar-refractivity contribution in [2.45, 2.75) is 45.8 Å². The highest BCUT2D eigenvalue weighted by Gasteiger charge is 2.22. The van der Waals surface area contributed by atoms with Crippen molar-refractivity contribution >= 4 is 39.8 Å². The van der Waals surface area contributed by atoms with Crippen LogP contribution in [0.15, 0.2) is 16.6 Å². The summed E-state index contributed by atoms with van der Waals surface area (Å²) in [5.41, 5.74) is -0.221. The van der Waals surface area contributed by atoms with Gasteiger partial charge >= 0.3 is 6.09 Å². The number of nitrogens with zero attached hydrogens (tertiary/aromatic N) is 1. The zero-order chi connectivity index (χ0) is 18.5. The van der Waals surface area contributed by atoms with E-state index in [1.807, 2.05) is 0 Å². The Balaban J connectivity index is 2.99. The van der Waals surface area contributed by atoms with Crippen LogP contribution in [0.3, 0.4) is 0 Å². The van der Waals surface area contributed by atoms with Crippen LogP contribution in [0.4, 0.5) is 16.2 Å². The Labute approximate surface area is 148 Å². The van der Waals surface area contributed by atoms with Gasteiger partial charge in [0.1, 0.15) is 11.3 Å². The first-order chi connectivity index (χ1) is 11.0. The van der Waals surface area contributed by atoms with Gasteiger partial charge in [0.25, 0.3) is 5.69 Å². The smallest absolute Gasteiger partial charge is 0.407 e. The number of carbonyl (C=O) groups excluding carboxylic acids is 2. The fraction of sp³-hybridized carbons (Fsp3) is 0.467. The molecule has 24 heavy (non-hydrogen) atoms. The Bertz CT molecular complexity index is 643. The maximum Gasteiger partial charge on any atom is 0.407 e. The summed E-state index contributed by atoms with van der Waals surface area (Å²) in [7, 11) is 0. The zero-order valence-electron chi connectivity index (χ0n) is 13.9. The molecule has 0 saturated carbocycles. The third-order valence-electron chi connectivity index (χ3n) is 2.85. The number of hydrogen-bond donors (Lipinski definition) is 2. The number of anilines is 1. The first kappa shape index (κ1) is 19.9. The maximum absolute atomic E-state index is 11.8. The van der Waals surface area contributed by atoms with Gasteiger partial charge in [-0.15, -0.1) is 0 Å². The van der Waals surface area contributed by atoms with Gasteiger partial charge in [-0.25, -0.2) is 4.79 Å². The van der Waals surface area contributed by atoms with E-state index in [1.54, 1.807) is 33.8 Å². The van der Waals surface area contributed by atoms with Crippen molar-refractivity contribution in [3.63, 3.8) is 0 Å². The van der Waals surface area contributed by atoms with E-state index < -0.39 is 16.6 Å². The minimum absolute atomic E-state index is 0.107. The van der Waals surface area contributed by atoms with Gasteiger partial charge in [-0.3, -0.25) is 14.9 Å². The number of ether oxygens (including phenoxy) is 1. The lowest BCUT2D eigenvalue weighted by molar-refractivity contribution is -0.384. The molecule has 0 aliphatic carbocycles. The van der Waals surface area contributed by atoms with E-state index in [9.17, 15) is 19.7 Å². The molecular formula is C15H20BrN3O5. The van der Waals surface area contributed by atoms with E-state index in [1.165, 1.54) is 6.07 Å². The molecule has 0 aliphatic rings. The average Bonchev–Trinajstić information content (AvgIpc) is 2.38. The maximum atomic E-state index is 11.8. The zero-order valence-corrected chi connectivity index (χ0v) is 15.5. The number of halogens is 1. The van der Waals surface area contributed by atoms with Crippen LogP contribution in [0.1, 0.15) is 33.3 Å². The number of carbonyl (C=O) groups is 2. The van der Waals surface area contributed by atoms with Crippen LogP contribution in [-0.4, -0.2) is 29.1 Å². The van der Waals surface area contributed by atoms with Crippen molar-refractivity contribution in [2.75, 3.05) is 5.32 Å². The van der Waals surface area contributed by atoms with E-state index in [-0.39, 0.29) is 23.8 Å². The second kappa shape index (κ2) is 8.09. The molecule has 8 nitrogen and oxygen atoms in total. The molecule has 1 aromatic rings. The molecule has 0 saturated heterocycles. The number of rotatable bonds is 6. The van der Waals surface area contributed by atoms with Gasteiger partial charge in [0, 0.05) is 16.6 Å². The summed E-state index contributed by atoms with van der Waals surface area (Å²) in [5, 5.41) is 16.2. The monoisotopic (exact) mass is 401 g/mol. The highest BCUT2D eigenvalue weighted by molar-refractivity contribution is 9.10. The summed E-state index contributed by atoms with van der Waals surface area (Å²) in [6, 6.07) is 2.61. The molecule has 1 atom stereocenters. The largest absolute Gasteiger partial charge is 0.444 e. The molecule has 1 aromatic carbocycles. The van der Waals surface area contributed by atoms with Gasteiger partial charge in [0.15, 0.2) is 0 Å². The molecule has 1 rings (SSSR count). The molecule has 9 heteroatoms. The molecule has 2 N–H and O–H groups in total. The van der Waals surface area contributed by atoms with Crippen molar-refractivity contribution in [1.29, 1.82) is 0 Å². The molecule has 1 unspecified atom stereocenters. The van der Waals surface area contributed by atoms with Crippen molar-refractivity contribution < 1.29 is 19.2 Å². The predicted octanol–water partition coefficient (Wildman–Crippen LogP) is 3.38. The van der Waals surface area contributed by atoms with Crippen molar-refractivity contribution in [3.8, 4) is 0 Å². The Morgan fingerprint density at radius 3 is 2.58 bits per heavy atom. The average molecular weight is 402 g/mol. The van der Waals surface area contributed by atoms with Crippen molar-refractivity contribution in [1.82, 2.24) is 5.32 Å². The highest BCUT2D eigenvalue weighted by atomic mass is 79.9. The number of hydrogen-bond acceptors (Lipinski definition) is 5. The molecule has 132 valence electrons. The van der Waals surface area contributed by atoms with E-state index >= 15 is 0 Å². The number of nitro benzene ring substituents is 1. The second-order valence-electron chi connectivity index (χ2n) is 6.23. The molecule has 0 aromatic heterocycles. The van der Waals surface area contributed by atoms with Crippen LogP contribution >= 0.6 is 15.9 Å². The summed E-state index contributed by atoms with van der Waals surface area (Å²) in [6.07, 6.45) is 0.0749. The summed E-state index contributed by atoms with van der Waals surface area (Å²) >= 11 is 3.21. The predicted molar refractivity (Wildman–Crippen MR) is 93.0 cm³/mol. The molecule has 0 fully saturated rings. The van der Waals surface area contributed by atoms with E-state index in [0.29, 0.717) is 16.4 Å². The summed E-state index contributed by atoms with van der Waals surface area (Å²) < 4.78 is 5.67. The minimum atomic E-state index is -0.622. The van der Waals surface area contributed by atoms with E-state index in [4.69, 9.17) is 4.74 Å². The van der Waals surface area contributed by atoms with Crippen LogP contribution in [-0.2, 0) is 16.0 Å². The Morgan fingerprint density at radius 2 is 2.08 bits per heavy atom. The van der Waals surface area contributed by atoms with Gasteiger partial charge in [-0.1, -0.05) is 15.9 Å². The third-order valence-corrected chi connectivity index (χ3v) is 3.31. The number of alkyl carbamates (subject to hydrolysis) is 1. The van der Waals surface area contributed by atoms with Crippen molar-refractivity contribution in [3.05, 3.63) is 32.3 Å². The summed E-state index contributed by atoms with van der Waals surface area (Å²) in [4.78, 5) is 33.1. The van der Waals surface area contributed by atoms with E-state index in [2.05, 4.69) is 26.6 Å². The fourth-order valence-electron chi connectivity index (χ4n) is 2.07. The third kappa shape index (κ3) is 6.15. The SMILES string of the molecule is CC(Cc1cc(Br)cc([N+](=O)[O-])c1NC=O)NC(=O)OC(C)(C)C. The molecule has 0 spiro atoms. The molecule has 0 aliphatic heterocycles. The van der Waals surface area contributed by atoms with Crippen LogP contribution in [0.2, 0.25) is 0 Å². The standard InChI is InChI=1S/C15H20BrN3O5/c1-9(18-14(21)24-15(2,3)4)5-10-6-11(16)7-12(19(22)23)13(10)17-8-20/h6-9H,5H2,1-4H3,(H,17,20)(H,18,21). The van der Waals surface area contributed by atoms with Crippen LogP contribution in [0, 0.1) is 10.1 Å². The van der Waals surface area contributed by atoms with Gasteiger partial charge in [0.05, 0.1) is 4.92 Å². The number of amides is 2. The van der Waals surface area contributed by atoms with Crippen LogP contribution in [0.25, 0.3) is 0 Å². The number of nitro groups is 1. The topological polar surface area (TPSA) is 111 Å². The molecule has 0 bridgehead atoms. The molecule has 0 heterocycles. The number of benzene rings is 1. The summed E-state index contributed by atoms with van der Waals surface area (Å²) in [6.45, 7) is 6.99. The number of nitrogens with one attached hydrogen (secondary N) is 2. The van der Waals surface area contributed by atoms with Crippen molar-refractivity contribution in [2.24, 2.45) is 0 Å². The lowest BCUT2D eigenvalue weighted by Crippen LogP contribution is -2.38.